The minimum absolute atomic E-state index is 0.220. The van der Waals surface area contributed by atoms with Crippen molar-refractivity contribution >= 4 is 17.6 Å². The average Bonchev–Trinajstić information content (AvgIpc) is 2.75. The highest BCUT2D eigenvalue weighted by Crippen LogP contribution is 2.33. The van der Waals surface area contributed by atoms with Crippen LogP contribution in [0.15, 0.2) is 36.4 Å². The number of esters is 1. The van der Waals surface area contributed by atoms with E-state index in [9.17, 15) is 9.59 Å². The molecule has 0 N–H and O–H groups in total. The molecule has 0 unspecified atom stereocenters. The van der Waals surface area contributed by atoms with Gasteiger partial charge in [-0.3, -0.25) is 4.79 Å². The van der Waals surface area contributed by atoms with Gasteiger partial charge in [0.1, 0.15) is 0 Å². The second-order valence-corrected chi connectivity index (χ2v) is 7.06. The molecule has 1 heterocycles. The van der Waals surface area contributed by atoms with Gasteiger partial charge in [0.2, 0.25) is 0 Å². The van der Waals surface area contributed by atoms with Crippen LogP contribution in [0.5, 0.6) is 11.5 Å². The fraction of sp³-hybridized carbons (Fsp3) is 0.364. The molecule has 2 aromatic rings. The van der Waals surface area contributed by atoms with E-state index < -0.39 is 5.97 Å². The Balaban J connectivity index is 1.62. The van der Waals surface area contributed by atoms with Crippen LogP contribution in [-0.4, -0.2) is 58.2 Å². The standard InChI is InChI=1S/C22H26N2O5/c1-23(2)18-7-5-6-16(10-18)22(26)29-14-21(25)24-9-8-15-11-19(27-3)20(28-4)12-17(15)13-24/h5-7,10-12H,8-9,13-14H2,1-4H3. The number of fused-ring (bicyclic) bond motifs is 1. The highest BCUT2D eigenvalue weighted by atomic mass is 16.5. The fourth-order valence-corrected chi connectivity index (χ4v) is 3.31. The third kappa shape index (κ3) is 4.62. The molecule has 2 aromatic carbocycles. The monoisotopic (exact) mass is 398 g/mol. The minimum Gasteiger partial charge on any atom is -0.493 e. The van der Waals surface area contributed by atoms with Gasteiger partial charge in [0.05, 0.1) is 19.8 Å². The number of carbonyl (C=O) groups is 2. The summed E-state index contributed by atoms with van der Waals surface area (Å²) >= 11 is 0. The van der Waals surface area contributed by atoms with Gasteiger partial charge in [-0.2, -0.15) is 0 Å². The quantitative estimate of drug-likeness (QED) is 0.697. The summed E-state index contributed by atoms with van der Waals surface area (Å²) in [5.74, 6) is 0.584. The van der Waals surface area contributed by atoms with Gasteiger partial charge in [-0.05, 0) is 47.9 Å². The third-order valence-corrected chi connectivity index (χ3v) is 5.00. The van der Waals surface area contributed by atoms with Gasteiger partial charge in [-0.15, -0.1) is 0 Å². The van der Waals surface area contributed by atoms with Crippen LogP contribution >= 0.6 is 0 Å². The Labute approximate surface area is 170 Å². The van der Waals surface area contributed by atoms with E-state index in [1.54, 1.807) is 37.3 Å². The van der Waals surface area contributed by atoms with Crippen molar-refractivity contribution in [3.63, 3.8) is 0 Å². The number of anilines is 1. The summed E-state index contributed by atoms with van der Waals surface area (Å²) in [6, 6.07) is 11.0. The maximum atomic E-state index is 12.6. The summed E-state index contributed by atoms with van der Waals surface area (Å²) in [6.45, 7) is 0.727. The zero-order valence-electron chi connectivity index (χ0n) is 17.2. The Morgan fingerprint density at radius 1 is 1.03 bits per heavy atom. The Morgan fingerprint density at radius 3 is 2.38 bits per heavy atom. The molecule has 0 atom stereocenters. The molecule has 29 heavy (non-hydrogen) atoms. The SMILES string of the molecule is COc1cc2c(cc1OC)CN(C(=O)COC(=O)c1cccc(N(C)C)c1)CC2. The molecule has 0 fully saturated rings. The van der Waals surface area contributed by atoms with Crippen LogP contribution in [0.3, 0.4) is 0 Å². The van der Waals surface area contributed by atoms with E-state index in [4.69, 9.17) is 14.2 Å². The molecule has 3 rings (SSSR count). The van der Waals surface area contributed by atoms with Gasteiger partial charge >= 0.3 is 5.97 Å². The third-order valence-electron chi connectivity index (χ3n) is 5.00. The lowest BCUT2D eigenvalue weighted by atomic mass is 9.99. The summed E-state index contributed by atoms with van der Waals surface area (Å²) in [4.78, 5) is 28.5. The molecule has 1 amide bonds. The molecule has 0 saturated heterocycles. The molecule has 0 saturated carbocycles. The van der Waals surface area contributed by atoms with E-state index in [1.165, 1.54) is 0 Å². The van der Waals surface area contributed by atoms with Crippen molar-refractivity contribution in [2.24, 2.45) is 0 Å². The van der Waals surface area contributed by atoms with Crippen LogP contribution in [0.25, 0.3) is 0 Å². The smallest absolute Gasteiger partial charge is 0.338 e. The molecule has 0 aromatic heterocycles. The van der Waals surface area contributed by atoms with Crippen LogP contribution < -0.4 is 14.4 Å². The van der Waals surface area contributed by atoms with Crippen molar-refractivity contribution in [3.05, 3.63) is 53.1 Å². The topological polar surface area (TPSA) is 68.3 Å². The van der Waals surface area contributed by atoms with E-state index in [1.807, 2.05) is 37.2 Å². The zero-order chi connectivity index (χ0) is 21.0. The van der Waals surface area contributed by atoms with Crippen LogP contribution in [0.1, 0.15) is 21.5 Å². The number of amides is 1. The summed E-state index contributed by atoms with van der Waals surface area (Å²) in [6.07, 6.45) is 0.709. The molecule has 0 bridgehead atoms. The second-order valence-electron chi connectivity index (χ2n) is 7.06. The van der Waals surface area contributed by atoms with Crippen LogP contribution in [-0.2, 0) is 22.5 Å². The van der Waals surface area contributed by atoms with Crippen molar-refractivity contribution in [2.75, 3.05) is 46.4 Å². The maximum absolute atomic E-state index is 12.6. The second kappa shape index (κ2) is 8.86. The van der Waals surface area contributed by atoms with Crippen molar-refractivity contribution in [1.82, 2.24) is 4.90 Å². The number of ether oxygens (including phenoxy) is 3. The lowest BCUT2D eigenvalue weighted by Crippen LogP contribution is -2.38. The number of carbonyl (C=O) groups excluding carboxylic acids is 2. The van der Waals surface area contributed by atoms with Crippen molar-refractivity contribution in [1.29, 1.82) is 0 Å². The van der Waals surface area contributed by atoms with Crippen LogP contribution in [0.2, 0.25) is 0 Å². The highest BCUT2D eigenvalue weighted by Gasteiger charge is 2.24. The van der Waals surface area contributed by atoms with Crippen LogP contribution in [0.4, 0.5) is 5.69 Å². The normalized spacial score (nSPS) is 12.8. The molecule has 7 nitrogen and oxygen atoms in total. The van der Waals surface area contributed by atoms with Crippen LogP contribution in [0, 0.1) is 0 Å². The first-order chi connectivity index (χ1) is 13.9. The Bertz CT molecular complexity index is 910. The number of nitrogens with zero attached hydrogens (tertiary/aromatic N) is 2. The summed E-state index contributed by atoms with van der Waals surface area (Å²) < 4.78 is 15.9. The van der Waals surface area contributed by atoms with Gasteiger partial charge in [0, 0.05) is 32.9 Å². The Morgan fingerprint density at radius 2 is 1.72 bits per heavy atom. The highest BCUT2D eigenvalue weighted by molar-refractivity contribution is 5.92. The lowest BCUT2D eigenvalue weighted by Gasteiger charge is -2.29. The molecule has 1 aliphatic heterocycles. The predicted octanol–water partition coefficient (Wildman–Crippen LogP) is 2.51. The van der Waals surface area contributed by atoms with Gasteiger partial charge in [0.15, 0.2) is 18.1 Å². The predicted molar refractivity (Wildman–Crippen MR) is 110 cm³/mol. The maximum Gasteiger partial charge on any atom is 0.338 e. The lowest BCUT2D eigenvalue weighted by molar-refractivity contribution is -0.135. The van der Waals surface area contributed by atoms with E-state index in [0.29, 0.717) is 36.6 Å². The fourth-order valence-electron chi connectivity index (χ4n) is 3.31. The molecular formula is C22H26N2O5. The van der Waals surface area contributed by atoms with Gasteiger partial charge in [-0.1, -0.05) is 6.07 Å². The average molecular weight is 398 g/mol. The summed E-state index contributed by atoms with van der Waals surface area (Å²) in [5.41, 5.74) is 3.45. The van der Waals surface area contributed by atoms with E-state index in [-0.39, 0.29) is 12.5 Å². The summed E-state index contributed by atoms with van der Waals surface area (Å²) in [5, 5.41) is 0. The van der Waals surface area contributed by atoms with E-state index in [0.717, 1.165) is 16.8 Å². The molecule has 0 spiro atoms. The molecule has 7 heteroatoms. The number of benzene rings is 2. The Kier molecular flexibility index (Phi) is 6.26. The molecule has 154 valence electrons. The van der Waals surface area contributed by atoms with Gasteiger partial charge in [-0.25, -0.2) is 4.79 Å². The van der Waals surface area contributed by atoms with Gasteiger partial charge < -0.3 is 24.0 Å². The summed E-state index contributed by atoms with van der Waals surface area (Å²) in [7, 11) is 6.98. The first kappa shape index (κ1) is 20.5. The number of rotatable bonds is 6. The minimum atomic E-state index is -0.508. The Hall–Kier alpha value is -3.22. The van der Waals surface area contributed by atoms with Crippen molar-refractivity contribution in [2.45, 2.75) is 13.0 Å². The molecule has 1 aliphatic rings. The number of hydrogen-bond donors (Lipinski definition) is 0. The molecule has 0 aliphatic carbocycles. The van der Waals surface area contributed by atoms with E-state index >= 15 is 0 Å². The largest absolute Gasteiger partial charge is 0.493 e. The first-order valence-electron chi connectivity index (χ1n) is 9.39. The van der Waals surface area contributed by atoms with Crippen molar-refractivity contribution in [3.8, 4) is 11.5 Å². The first-order valence-corrected chi connectivity index (χ1v) is 9.39. The zero-order valence-corrected chi connectivity index (χ0v) is 17.2. The number of hydrogen-bond acceptors (Lipinski definition) is 6. The number of methoxy groups -OCH3 is 2. The molecular weight excluding hydrogens is 372 g/mol. The van der Waals surface area contributed by atoms with E-state index in [2.05, 4.69) is 0 Å². The van der Waals surface area contributed by atoms with Gasteiger partial charge in [0.25, 0.3) is 5.91 Å². The van der Waals surface area contributed by atoms with Crippen molar-refractivity contribution < 1.29 is 23.8 Å². The molecule has 0 radical (unpaired) electrons.